The molecule has 0 aromatic heterocycles. The maximum atomic E-state index is 9.57. The number of benzene rings is 1. The predicted octanol–water partition coefficient (Wildman–Crippen LogP) is 4.15. The van der Waals surface area contributed by atoms with Crippen molar-refractivity contribution in [3.05, 3.63) is 35.9 Å². The molecule has 0 saturated carbocycles. The van der Waals surface area contributed by atoms with Crippen LogP contribution in [0.5, 0.6) is 0 Å². The Balaban J connectivity index is 3.11. The summed E-state index contributed by atoms with van der Waals surface area (Å²) in [7, 11) is -0.470. The van der Waals surface area contributed by atoms with Gasteiger partial charge in [0.1, 0.15) is 13.1 Å². The zero-order valence-electron chi connectivity index (χ0n) is 12.6. The van der Waals surface area contributed by atoms with E-state index < -0.39 is 13.1 Å². The Kier molecular flexibility index (Phi) is 4.91. The van der Waals surface area contributed by atoms with Gasteiger partial charge in [-0.3, -0.25) is 5.32 Å². The molecule has 0 aliphatic carbocycles. The van der Waals surface area contributed by atoms with Gasteiger partial charge < -0.3 is 0 Å². The summed E-state index contributed by atoms with van der Waals surface area (Å²) in [6, 6.07) is 12.7. The minimum atomic E-state index is -0.582. The summed E-state index contributed by atoms with van der Waals surface area (Å²) in [5.74, 6) is 0.139. The Hall–Kier alpha value is -1.16. The molecule has 3 unspecified atom stereocenters. The van der Waals surface area contributed by atoms with E-state index in [1.807, 2.05) is 25.1 Å². The zero-order valence-corrected chi connectivity index (χ0v) is 13.5. The molecule has 0 radical (unpaired) electrons. The highest BCUT2D eigenvalue weighted by Crippen LogP contribution is 2.40. The van der Waals surface area contributed by atoms with Crippen LogP contribution >= 0.6 is 7.55 Å². The lowest BCUT2D eigenvalue weighted by Gasteiger charge is -2.37. The molecule has 1 rings (SSSR count). The normalized spacial score (nSPS) is 17.2. The van der Waals surface area contributed by atoms with Crippen LogP contribution < -0.4 is 5.32 Å². The lowest BCUT2D eigenvalue weighted by molar-refractivity contribution is 0.212. The average Bonchev–Trinajstić information content (AvgIpc) is 2.35. The van der Waals surface area contributed by atoms with Crippen molar-refractivity contribution in [2.75, 3.05) is 6.66 Å². The minimum Gasteiger partial charge on any atom is -0.254 e. The third-order valence-corrected chi connectivity index (χ3v) is 5.01. The fourth-order valence-electron chi connectivity index (χ4n) is 1.77. The largest absolute Gasteiger partial charge is 0.254 e. The lowest BCUT2D eigenvalue weighted by Crippen LogP contribution is -2.52. The standard InChI is InChI=1S/C16H24N2P/c1-15(2,3)16(4,12-17)18-14(19(5)6)13-10-8-7-9-11-13/h7-11,14,18H,5H2,1-4,6H3/q+1. The van der Waals surface area contributed by atoms with Crippen LogP contribution in [-0.4, -0.2) is 18.5 Å². The van der Waals surface area contributed by atoms with Crippen LogP contribution in [0.4, 0.5) is 0 Å². The predicted molar refractivity (Wildman–Crippen MR) is 85.8 cm³/mol. The van der Waals surface area contributed by atoms with Crippen molar-refractivity contribution in [1.82, 2.24) is 5.32 Å². The van der Waals surface area contributed by atoms with Crippen LogP contribution in [0.25, 0.3) is 0 Å². The number of rotatable bonds is 4. The van der Waals surface area contributed by atoms with Gasteiger partial charge in [0.2, 0.25) is 0 Å². The Bertz CT molecular complexity index is 482. The molecule has 0 bridgehead atoms. The maximum Gasteiger partial charge on any atom is 0.193 e. The van der Waals surface area contributed by atoms with Crippen molar-refractivity contribution in [3.63, 3.8) is 0 Å². The highest BCUT2D eigenvalue weighted by molar-refractivity contribution is 7.55. The van der Waals surface area contributed by atoms with Gasteiger partial charge in [0.05, 0.1) is 19.0 Å². The van der Waals surface area contributed by atoms with Gasteiger partial charge in [-0.25, -0.2) is 0 Å². The molecule has 0 aliphatic heterocycles. The molecule has 102 valence electrons. The molecular weight excluding hydrogens is 251 g/mol. The van der Waals surface area contributed by atoms with Gasteiger partial charge in [0.15, 0.2) is 5.78 Å². The van der Waals surface area contributed by atoms with Crippen molar-refractivity contribution in [3.8, 4) is 6.07 Å². The summed E-state index contributed by atoms with van der Waals surface area (Å²) in [6.45, 7) is 10.4. The van der Waals surface area contributed by atoms with E-state index in [-0.39, 0.29) is 11.2 Å². The van der Waals surface area contributed by atoms with Crippen LogP contribution in [0.2, 0.25) is 0 Å². The van der Waals surface area contributed by atoms with E-state index in [0.29, 0.717) is 0 Å². The molecule has 1 aromatic rings. The Morgan fingerprint density at radius 2 is 1.74 bits per heavy atom. The smallest absolute Gasteiger partial charge is 0.193 e. The third-order valence-electron chi connectivity index (χ3n) is 3.71. The first-order valence-corrected chi connectivity index (χ1v) is 8.53. The first-order chi connectivity index (χ1) is 8.71. The van der Waals surface area contributed by atoms with Gasteiger partial charge in [0.25, 0.3) is 0 Å². The highest BCUT2D eigenvalue weighted by Gasteiger charge is 2.41. The molecule has 2 nitrogen and oxygen atoms in total. The van der Waals surface area contributed by atoms with Crippen LogP contribution in [-0.2, 0) is 0 Å². The molecule has 0 fully saturated rings. The first kappa shape index (κ1) is 15.9. The summed E-state index contributed by atoms with van der Waals surface area (Å²) in [4.78, 5) is 0. The van der Waals surface area contributed by atoms with Gasteiger partial charge >= 0.3 is 0 Å². The van der Waals surface area contributed by atoms with Gasteiger partial charge in [-0.1, -0.05) is 51.1 Å². The van der Waals surface area contributed by atoms with Gasteiger partial charge in [-0.15, -0.1) is 0 Å². The zero-order chi connectivity index (χ0) is 14.7. The molecule has 1 aromatic carbocycles. The maximum absolute atomic E-state index is 9.57. The van der Waals surface area contributed by atoms with E-state index in [4.69, 9.17) is 0 Å². The van der Waals surface area contributed by atoms with E-state index in [1.54, 1.807) is 0 Å². The summed E-state index contributed by atoms with van der Waals surface area (Å²) in [6.07, 6.45) is 4.21. The second-order valence-electron chi connectivity index (χ2n) is 6.20. The monoisotopic (exact) mass is 275 g/mol. The van der Waals surface area contributed by atoms with Crippen LogP contribution in [0.3, 0.4) is 0 Å². The molecule has 0 amide bonds. The van der Waals surface area contributed by atoms with Crippen LogP contribution in [0.15, 0.2) is 30.3 Å². The quantitative estimate of drug-likeness (QED) is 0.838. The van der Waals surface area contributed by atoms with Gasteiger partial charge in [-0.2, -0.15) is 5.26 Å². The number of nitrogens with one attached hydrogen (secondary N) is 1. The molecule has 1 N–H and O–H groups in total. The van der Waals surface area contributed by atoms with Crippen LogP contribution in [0, 0.1) is 16.7 Å². The average molecular weight is 275 g/mol. The highest BCUT2D eigenvalue weighted by atomic mass is 31.1. The van der Waals surface area contributed by atoms with Gasteiger partial charge in [0, 0.05) is 5.56 Å². The van der Waals surface area contributed by atoms with E-state index in [0.717, 1.165) is 0 Å². The van der Waals surface area contributed by atoms with E-state index >= 15 is 0 Å². The van der Waals surface area contributed by atoms with E-state index in [9.17, 15) is 5.26 Å². The molecule has 3 atom stereocenters. The molecule has 0 saturated heterocycles. The number of hydrogen-bond acceptors (Lipinski definition) is 2. The van der Waals surface area contributed by atoms with Crippen molar-refractivity contribution in [2.45, 2.75) is 39.0 Å². The lowest BCUT2D eigenvalue weighted by atomic mass is 9.76. The SMILES string of the molecule is C=[P+](C)C(NC(C)(C#N)C(C)(C)C)c1ccccc1. The molecule has 0 heterocycles. The van der Waals surface area contributed by atoms with Crippen molar-refractivity contribution in [1.29, 1.82) is 5.26 Å². The Labute approximate surface area is 118 Å². The van der Waals surface area contributed by atoms with Crippen molar-refractivity contribution < 1.29 is 0 Å². The summed E-state index contributed by atoms with van der Waals surface area (Å²) in [5, 5.41) is 13.1. The number of hydrogen-bond donors (Lipinski definition) is 1. The first-order valence-electron chi connectivity index (χ1n) is 6.48. The summed E-state index contributed by atoms with van der Waals surface area (Å²) in [5.41, 5.74) is 0.485. The Morgan fingerprint density at radius 3 is 2.11 bits per heavy atom. The second kappa shape index (κ2) is 5.87. The van der Waals surface area contributed by atoms with Crippen molar-refractivity contribution >= 4 is 13.8 Å². The molecular formula is C16H24N2P+. The second-order valence-corrected chi connectivity index (χ2v) is 8.23. The summed E-state index contributed by atoms with van der Waals surface area (Å²) < 4.78 is 0. The minimum absolute atomic E-state index is 0.139. The topological polar surface area (TPSA) is 35.8 Å². The third kappa shape index (κ3) is 3.66. The Morgan fingerprint density at radius 1 is 1.21 bits per heavy atom. The summed E-state index contributed by atoms with van der Waals surface area (Å²) >= 11 is 0. The molecule has 19 heavy (non-hydrogen) atoms. The fraction of sp³-hybridized carbons (Fsp3) is 0.500. The fourth-order valence-corrected chi connectivity index (χ4v) is 2.93. The molecule has 0 spiro atoms. The molecule has 3 heteroatoms. The van der Waals surface area contributed by atoms with E-state index in [1.165, 1.54) is 5.56 Å². The number of nitriles is 1. The van der Waals surface area contributed by atoms with Crippen LogP contribution in [0.1, 0.15) is 39.0 Å². The van der Waals surface area contributed by atoms with Gasteiger partial charge in [-0.05, 0) is 12.3 Å². The molecule has 0 aliphatic rings. The number of nitrogens with zero attached hydrogens (tertiary/aromatic N) is 1. The van der Waals surface area contributed by atoms with E-state index in [2.05, 4.69) is 57.3 Å². The van der Waals surface area contributed by atoms with Crippen molar-refractivity contribution in [2.24, 2.45) is 5.41 Å².